The number of rotatable bonds is 4. The highest BCUT2D eigenvalue weighted by atomic mass is 32.1. The Morgan fingerprint density at radius 1 is 1.38 bits per heavy atom. The van der Waals surface area contributed by atoms with Crippen LogP contribution in [0.3, 0.4) is 0 Å². The normalized spacial score (nSPS) is 14.3. The topological polar surface area (TPSA) is 101 Å². The smallest absolute Gasteiger partial charge is 0.343 e. The molecule has 2 aromatic rings. The Kier molecular flexibility index (Phi) is 4.90. The minimum Gasteiger partial charge on any atom is -0.449 e. The van der Waals surface area contributed by atoms with Gasteiger partial charge in [-0.2, -0.15) is 4.37 Å². The Balaban J connectivity index is 1.79. The predicted molar refractivity (Wildman–Crippen MR) is 98.7 cm³/mol. The lowest BCUT2D eigenvalue weighted by atomic mass is 10.1. The number of hydrogen-bond acceptors (Lipinski definition) is 7. The molecule has 1 aromatic carbocycles. The first kappa shape index (κ1) is 17.9. The molecule has 0 bridgehead atoms. The van der Waals surface area contributed by atoms with Crippen LogP contribution in [0.4, 0.5) is 16.4 Å². The lowest BCUT2D eigenvalue weighted by Crippen LogP contribution is -2.47. The number of nitrogens with zero attached hydrogens (tertiary/aromatic N) is 2. The van der Waals surface area contributed by atoms with Crippen LogP contribution in [0.15, 0.2) is 24.3 Å². The summed E-state index contributed by atoms with van der Waals surface area (Å²) < 4.78 is 9.47. The number of ether oxygens (including phenoxy) is 1. The lowest BCUT2D eigenvalue weighted by Gasteiger charge is -2.30. The number of carbonyl (C=O) groups excluding carboxylic acids is 3. The number of aryl methyl sites for hydroxylation is 1. The molecule has 2 N–H and O–H groups in total. The van der Waals surface area contributed by atoms with Crippen LogP contribution in [0.1, 0.15) is 23.0 Å². The zero-order chi connectivity index (χ0) is 18.8. The third kappa shape index (κ3) is 3.25. The number of benzene rings is 1. The van der Waals surface area contributed by atoms with Crippen LogP contribution < -0.4 is 15.5 Å². The van der Waals surface area contributed by atoms with Crippen LogP contribution in [-0.2, 0) is 14.3 Å². The van der Waals surface area contributed by atoms with Gasteiger partial charge >= 0.3 is 5.97 Å². The van der Waals surface area contributed by atoms with Crippen molar-refractivity contribution in [3.05, 3.63) is 35.5 Å². The van der Waals surface area contributed by atoms with Gasteiger partial charge in [0.15, 0.2) is 6.10 Å². The summed E-state index contributed by atoms with van der Waals surface area (Å²) in [6.07, 6.45) is -1.05. The van der Waals surface area contributed by atoms with Gasteiger partial charge in [0.1, 0.15) is 17.1 Å². The molecule has 1 aliphatic heterocycles. The predicted octanol–water partition coefficient (Wildman–Crippen LogP) is 2.02. The van der Waals surface area contributed by atoms with Crippen molar-refractivity contribution in [2.24, 2.45) is 0 Å². The van der Waals surface area contributed by atoms with Gasteiger partial charge in [-0.05, 0) is 37.5 Å². The van der Waals surface area contributed by atoms with Crippen molar-refractivity contribution in [3.8, 4) is 0 Å². The second-order valence-electron chi connectivity index (χ2n) is 5.76. The van der Waals surface area contributed by atoms with Crippen LogP contribution in [0, 0.1) is 6.92 Å². The maximum Gasteiger partial charge on any atom is 0.343 e. The maximum absolute atomic E-state index is 12.8. The second kappa shape index (κ2) is 7.12. The average molecular weight is 374 g/mol. The maximum atomic E-state index is 12.8. The van der Waals surface area contributed by atoms with Crippen molar-refractivity contribution < 1.29 is 19.1 Å². The molecule has 8 nitrogen and oxygen atoms in total. The summed E-state index contributed by atoms with van der Waals surface area (Å²) in [4.78, 5) is 38.5. The summed E-state index contributed by atoms with van der Waals surface area (Å²) in [5.74, 6) is -1.39. The molecule has 2 amide bonds. The Morgan fingerprint density at radius 2 is 2.12 bits per heavy atom. The van der Waals surface area contributed by atoms with E-state index in [1.165, 1.54) is 11.8 Å². The van der Waals surface area contributed by atoms with E-state index < -0.39 is 18.0 Å². The molecular formula is C17H18N4O4S. The number of amides is 2. The van der Waals surface area contributed by atoms with E-state index in [2.05, 4.69) is 15.0 Å². The lowest BCUT2D eigenvalue weighted by molar-refractivity contribution is -0.128. The van der Waals surface area contributed by atoms with Gasteiger partial charge in [0.05, 0.1) is 17.1 Å². The first-order chi connectivity index (χ1) is 12.4. The van der Waals surface area contributed by atoms with Gasteiger partial charge in [0, 0.05) is 7.05 Å². The van der Waals surface area contributed by atoms with Crippen molar-refractivity contribution in [1.82, 2.24) is 4.37 Å². The highest BCUT2D eigenvalue weighted by molar-refractivity contribution is 7.10. The number of para-hydroxylation sites is 2. The van der Waals surface area contributed by atoms with Crippen LogP contribution in [0.25, 0.3) is 0 Å². The van der Waals surface area contributed by atoms with Gasteiger partial charge in [0.2, 0.25) is 5.91 Å². The van der Waals surface area contributed by atoms with E-state index in [0.29, 0.717) is 27.6 Å². The summed E-state index contributed by atoms with van der Waals surface area (Å²) in [6.45, 7) is 3.06. The first-order valence-corrected chi connectivity index (χ1v) is 8.75. The van der Waals surface area contributed by atoms with Crippen LogP contribution in [0.5, 0.6) is 0 Å². The molecule has 0 aliphatic carbocycles. The van der Waals surface area contributed by atoms with E-state index in [1.54, 1.807) is 38.2 Å². The second-order valence-corrected chi connectivity index (χ2v) is 6.53. The highest BCUT2D eigenvalue weighted by Crippen LogP contribution is 2.30. The van der Waals surface area contributed by atoms with E-state index in [1.807, 2.05) is 0 Å². The zero-order valence-corrected chi connectivity index (χ0v) is 15.3. The number of carbonyl (C=O) groups is 3. The van der Waals surface area contributed by atoms with Gasteiger partial charge < -0.3 is 15.4 Å². The molecule has 136 valence electrons. The third-order valence-electron chi connectivity index (χ3n) is 3.96. The summed E-state index contributed by atoms with van der Waals surface area (Å²) in [5.41, 5.74) is 1.97. The molecule has 3 rings (SSSR count). The first-order valence-electron chi connectivity index (χ1n) is 7.97. The molecule has 9 heteroatoms. The van der Waals surface area contributed by atoms with E-state index >= 15 is 0 Å². The van der Waals surface area contributed by atoms with Gasteiger partial charge in [-0.3, -0.25) is 14.5 Å². The monoisotopic (exact) mass is 374 g/mol. The van der Waals surface area contributed by atoms with Crippen molar-refractivity contribution in [2.75, 3.05) is 29.1 Å². The molecule has 0 saturated carbocycles. The Bertz CT molecular complexity index is 879. The largest absolute Gasteiger partial charge is 0.449 e. The van der Waals surface area contributed by atoms with Gasteiger partial charge in [-0.1, -0.05) is 12.1 Å². The molecule has 26 heavy (non-hydrogen) atoms. The van der Waals surface area contributed by atoms with Gasteiger partial charge in [0.25, 0.3) is 5.91 Å². The summed E-state index contributed by atoms with van der Waals surface area (Å²) >= 11 is 1.15. The number of nitrogens with one attached hydrogen (secondary N) is 2. The summed E-state index contributed by atoms with van der Waals surface area (Å²) in [7, 11) is 1.68. The molecule has 0 spiro atoms. The molecule has 0 saturated heterocycles. The molecule has 2 heterocycles. The van der Waals surface area contributed by atoms with Crippen LogP contribution >= 0.6 is 11.5 Å². The minimum absolute atomic E-state index is 0.126. The third-order valence-corrected chi connectivity index (χ3v) is 4.92. The summed E-state index contributed by atoms with van der Waals surface area (Å²) in [5, 5.41) is 6.18. The Morgan fingerprint density at radius 3 is 2.85 bits per heavy atom. The zero-order valence-electron chi connectivity index (χ0n) is 14.5. The Hall–Kier alpha value is -2.94. The molecule has 1 aliphatic rings. The van der Waals surface area contributed by atoms with Gasteiger partial charge in [-0.15, -0.1) is 0 Å². The van der Waals surface area contributed by atoms with Crippen LogP contribution in [0.2, 0.25) is 0 Å². The number of aromatic nitrogens is 1. The number of esters is 1. The fraction of sp³-hybridized carbons (Fsp3) is 0.294. The van der Waals surface area contributed by atoms with Crippen molar-refractivity contribution in [2.45, 2.75) is 20.0 Å². The van der Waals surface area contributed by atoms with E-state index in [9.17, 15) is 14.4 Å². The highest BCUT2D eigenvalue weighted by Gasteiger charge is 2.32. The van der Waals surface area contributed by atoms with Crippen molar-refractivity contribution >= 4 is 45.7 Å². The fourth-order valence-electron chi connectivity index (χ4n) is 2.70. The number of anilines is 3. The summed E-state index contributed by atoms with van der Waals surface area (Å²) in [6, 6.07) is 6.98. The SMILES string of the molecule is CNc1snc(C)c1C(=O)O[C@@H](C)C(=O)N1CC(=O)Nc2ccccc21. The van der Waals surface area contributed by atoms with E-state index in [0.717, 1.165) is 11.5 Å². The Labute approximate surface area is 154 Å². The minimum atomic E-state index is -1.05. The van der Waals surface area contributed by atoms with Crippen LogP contribution in [-0.4, -0.2) is 41.9 Å². The quantitative estimate of drug-likeness (QED) is 0.794. The molecule has 1 aromatic heterocycles. The van der Waals surface area contributed by atoms with Crippen molar-refractivity contribution in [1.29, 1.82) is 0 Å². The van der Waals surface area contributed by atoms with E-state index in [4.69, 9.17) is 4.74 Å². The number of fused-ring (bicyclic) bond motifs is 1. The number of hydrogen-bond donors (Lipinski definition) is 2. The van der Waals surface area contributed by atoms with E-state index in [-0.39, 0.29) is 12.5 Å². The molecule has 0 radical (unpaired) electrons. The molecular weight excluding hydrogens is 356 g/mol. The van der Waals surface area contributed by atoms with Gasteiger partial charge in [-0.25, -0.2) is 4.79 Å². The fourth-order valence-corrected chi connectivity index (χ4v) is 3.43. The average Bonchev–Trinajstić information content (AvgIpc) is 3.00. The van der Waals surface area contributed by atoms with Crippen molar-refractivity contribution in [3.63, 3.8) is 0 Å². The standard InChI is InChI=1S/C17H18N4O4S/c1-9-14(15(18-3)26-20-9)17(24)25-10(2)16(23)21-8-13(22)19-11-6-4-5-7-12(11)21/h4-7,10,18H,8H2,1-3H3,(H,19,22)/t10-/m0/s1. The molecule has 1 atom stereocenters. The molecule has 0 unspecified atom stereocenters. The molecule has 0 fully saturated rings.